The fraction of sp³-hybridized carbons (Fsp3) is 0.300. The number of hydrogen-bond acceptors (Lipinski definition) is 2. The molecule has 0 heterocycles. The average molecular weight is 199 g/mol. The Morgan fingerprint density at radius 3 is 2.38 bits per heavy atom. The minimum Gasteiger partial charge on any atom is -0.356 e. The number of benzene rings is 1. The number of ether oxygens (including phenoxy) is 1. The summed E-state index contributed by atoms with van der Waals surface area (Å²) in [7, 11) is 1.41. The summed E-state index contributed by atoms with van der Waals surface area (Å²) < 4.78 is 4.87. The summed E-state index contributed by atoms with van der Waals surface area (Å²) in [4.78, 5) is 11.6. The maximum absolute atomic E-state index is 11.6. The van der Waals surface area contributed by atoms with Crippen LogP contribution in [0.25, 0.3) is 0 Å². The van der Waals surface area contributed by atoms with E-state index >= 15 is 0 Å². The number of methoxy groups -OCH3 is 1. The zero-order valence-electron chi connectivity index (χ0n) is 7.58. The standard InChI is InChI=1S/C10H11ClO2/c1-10(11,13-2)9(12)8-6-4-3-5-7-8/h3-7H,1-2H3. The maximum Gasteiger partial charge on any atom is 0.209 e. The van der Waals surface area contributed by atoms with E-state index in [1.807, 2.05) is 6.07 Å². The number of halogens is 1. The molecule has 1 atom stereocenters. The molecule has 1 unspecified atom stereocenters. The lowest BCUT2D eigenvalue weighted by Gasteiger charge is -2.18. The van der Waals surface area contributed by atoms with Gasteiger partial charge in [-0.1, -0.05) is 41.9 Å². The first-order valence-electron chi connectivity index (χ1n) is 3.92. The van der Waals surface area contributed by atoms with Gasteiger partial charge in [0.15, 0.2) is 0 Å². The predicted octanol–water partition coefficient (Wildman–Crippen LogP) is 2.47. The fourth-order valence-corrected chi connectivity index (χ4v) is 1.05. The molecule has 0 saturated carbocycles. The Morgan fingerprint density at radius 2 is 1.92 bits per heavy atom. The van der Waals surface area contributed by atoms with E-state index in [4.69, 9.17) is 16.3 Å². The van der Waals surface area contributed by atoms with Gasteiger partial charge < -0.3 is 4.74 Å². The van der Waals surface area contributed by atoms with Crippen molar-refractivity contribution in [2.24, 2.45) is 0 Å². The summed E-state index contributed by atoms with van der Waals surface area (Å²) in [5.74, 6) is -0.225. The Labute approximate surface area is 82.5 Å². The van der Waals surface area contributed by atoms with Crippen molar-refractivity contribution >= 4 is 17.4 Å². The molecule has 0 N–H and O–H groups in total. The molecule has 0 aliphatic heterocycles. The van der Waals surface area contributed by atoms with Crippen LogP contribution in [0.5, 0.6) is 0 Å². The average Bonchev–Trinajstić information content (AvgIpc) is 2.18. The van der Waals surface area contributed by atoms with E-state index < -0.39 is 5.06 Å². The molecule has 0 aliphatic rings. The van der Waals surface area contributed by atoms with Crippen molar-refractivity contribution < 1.29 is 9.53 Å². The van der Waals surface area contributed by atoms with Crippen LogP contribution in [0.3, 0.4) is 0 Å². The summed E-state index contributed by atoms with van der Waals surface area (Å²) in [6.45, 7) is 1.53. The number of carbonyl (C=O) groups is 1. The lowest BCUT2D eigenvalue weighted by molar-refractivity contribution is 0.0515. The number of ketones is 1. The van der Waals surface area contributed by atoms with Crippen LogP contribution in [0.1, 0.15) is 17.3 Å². The van der Waals surface area contributed by atoms with Crippen LogP contribution in [0.15, 0.2) is 30.3 Å². The lowest BCUT2D eigenvalue weighted by atomic mass is 10.1. The second-order valence-corrected chi connectivity index (χ2v) is 3.54. The molecular weight excluding hydrogens is 188 g/mol. The van der Waals surface area contributed by atoms with E-state index in [9.17, 15) is 4.79 Å². The molecule has 0 bridgehead atoms. The minimum atomic E-state index is -1.26. The first kappa shape index (κ1) is 10.2. The second kappa shape index (κ2) is 3.90. The van der Waals surface area contributed by atoms with E-state index in [-0.39, 0.29) is 5.78 Å². The molecule has 0 amide bonds. The van der Waals surface area contributed by atoms with Gasteiger partial charge in [0.05, 0.1) is 0 Å². The van der Waals surface area contributed by atoms with Crippen LogP contribution >= 0.6 is 11.6 Å². The minimum absolute atomic E-state index is 0.225. The van der Waals surface area contributed by atoms with Gasteiger partial charge in [-0.05, 0) is 6.92 Å². The maximum atomic E-state index is 11.6. The normalized spacial score (nSPS) is 15.0. The monoisotopic (exact) mass is 198 g/mol. The third-order valence-electron chi connectivity index (χ3n) is 1.82. The molecule has 1 rings (SSSR count). The molecule has 0 spiro atoms. The van der Waals surface area contributed by atoms with Gasteiger partial charge in [0.2, 0.25) is 10.8 Å². The van der Waals surface area contributed by atoms with Crippen LogP contribution in [0.2, 0.25) is 0 Å². The number of alkyl halides is 1. The van der Waals surface area contributed by atoms with Crippen LogP contribution < -0.4 is 0 Å². The first-order chi connectivity index (χ1) is 6.08. The molecule has 0 aromatic heterocycles. The number of carbonyl (C=O) groups excluding carboxylic acids is 1. The number of rotatable bonds is 3. The van der Waals surface area contributed by atoms with Crippen LogP contribution in [-0.4, -0.2) is 18.0 Å². The molecule has 3 heteroatoms. The van der Waals surface area contributed by atoms with Gasteiger partial charge in [0, 0.05) is 12.7 Å². The van der Waals surface area contributed by atoms with Gasteiger partial charge in [-0.25, -0.2) is 0 Å². The van der Waals surface area contributed by atoms with Gasteiger partial charge in [-0.15, -0.1) is 0 Å². The highest BCUT2D eigenvalue weighted by atomic mass is 35.5. The Bertz CT molecular complexity index is 293. The van der Waals surface area contributed by atoms with Crippen molar-refractivity contribution in [3.05, 3.63) is 35.9 Å². The first-order valence-corrected chi connectivity index (χ1v) is 4.29. The Balaban J connectivity index is 2.93. The smallest absolute Gasteiger partial charge is 0.209 e. The van der Waals surface area contributed by atoms with E-state index in [1.54, 1.807) is 24.3 Å². The third kappa shape index (κ3) is 2.29. The zero-order chi connectivity index (χ0) is 9.90. The van der Waals surface area contributed by atoms with Gasteiger partial charge in [-0.3, -0.25) is 4.79 Å². The summed E-state index contributed by atoms with van der Waals surface area (Å²) in [5.41, 5.74) is 0.557. The second-order valence-electron chi connectivity index (χ2n) is 2.82. The van der Waals surface area contributed by atoms with Crippen molar-refractivity contribution in [2.45, 2.75) is 12.0 Å². The zero-order valence-corrected chi connectivity index (χ0v) is 8.34. The highest BCUT2D eigenvalue weighted by Crippen LogP contribution is 2.20. The van der Waals surface area contributed by atoms with Crippen molar-refractivity contribution in [1.82, 2.24) is 0 Å². The van der Waals surface area contributed by atoms with Crippen molar-refractivity contribution in [3.63, 3.8) is 0 Å². The molecule has 0 radical (unpaired) electrons. The van der Waals surface area contributed by atoms with Crippen molar-refractivity contribution in [2.75, 3.05) is 7.11 Å². The molecule has 0 fully saturated rings. The van der Waals surface area contributed by atoms with Crippen LogP contribution in [0, 0.1) is 0 Å². The van der Waals surface area contributed by atoms with E-state index in [1.165, 1.54) is 14.0 Å². The largest absolute Gasteiger partial charge is 0.356 e. The molecule has 0 aliphatic carbocycles. The number of hydrogen-bond donors (Lipinski definition) is 0. The van der Waals surface area contributed by atoms with Crippen LogP contribution in [-0.2, 0) is 4.74 Å². The van der Waals surface area contributed by atoms with Gasteiger partial charge in [0.25, 0.3) is 0 Å². The molecule has 1 aromatic rings. The summed E-state index contributed by atoms with van der Waals surface area (Å²) >= 11 is 5.83. The molecule has 13 heavy (non-hydrogen) atoms. The van der Waals surface area contributed by atoms with E-state index in [0.29, 0.717) is 5.56 Å². The molecule has 0 saturated heterocycles. The van der Waals surface area contributed by atoms with Gasteiger partial charge >= 0.3 is 0 Å². The quantitative estimate of drug-likeness (QED) is 0.551. The molecular formula is C10H11ClO2. The SMILES string of the molecule is COC(C)(Cl)C(=O)c1ccccc1. The van der Waals surface area contributed by atoms with Crippen molar-refractivity contribution in [1.29, 1.82) is 0 Å². The summed E-state index contributed by atoms with van der Waals surface area (Å²) in [6.07, 6.45) is 0. The third-order valence-corrected chi connectivity index (χ3v) is 2.15. The fourth-order valence-electron chi connectivity index (χ4n) is 0.940. The molecule has 1 aromatic carbocycles. The Kier molecular flexibility index (Phi) is 3.07. The Morgan fingerprint density at radius 1 is 1.38 bits per heavy atom. The highest BCUT2D eigenvalue weighted by molar-refractivity contribution is 6.36. The summed E-state index contributed by atoms with van der Waals surface area (Å²) in [5, 5.41) is -1.26. The van der Waals surface area contributed by atoms with Gasteiger partial charge in [-0.2, -0.15) is 0 Å². The van der Waals surface area contributed by atoms with E-state index in [2.05, 4.69) is 0 Å². The number of Topliss-reactive ketones (excluding diaryl/α,β-unsaturated/α-hetero) is 1. The summed E-state index contributed by atoms with van der Waals surface area (Å²) in [6, 6.07) is 8.84. The van der Waals surface area contributed by atoms with Crippen molar-refractivity contribution in [3.8, 4) is 0 Å². The van der Waals surface area contributed by atoms with Crippen LogP contribution in [0.4, 0.5) is 0 Å². The van der Waals surface area contributed by atoms with Gasteiger partial charge in [0.1, 0.15) is 0 Å². The lowest BCUT2D eigenvalue weighted by Crippen LogP contribution is -2.30. The highest BCUT2D eigenvalue weighted by Gasteiger charge is 2.30. The van der Waals surface area contributed by atoms with E-state index in [0.717, 1.165) is 0 Å². The molecule has 2 nitrogen and oxygen atoms in total. The Hall–Kier alpha value is -0.860. The predicted molar refractivity (Wildman–Crippen MR) is 52.0 cm³/mol. The molecule has 70 valence electrons. The topological polar surface area (TPSA) is 26.3 Å².